The number of hydrogen-bond donors (Lipinski definition) is 2. The quantitative estimate of drug-likeness (QED) is 0.841. The lowest BCUT2D eigenvalue weighted by atomic mass is 10.3. The third-order valence-electron chi connectivity index (χ3n) is 3.49. The molecule has 0 radical (unpaired) electrons. The average Bonchev–Trinajstić information content (AvgIpc) is 2.87. The van der Waals surface area contributed by atoms with Crippen LogP contribution in [0.15, 0.2) is 16.5 Å². The summed E-state index contributed by atoms with van der Waals surface area (Å²) in [5.74, 6) is 4.15. The number of aromatic nitrogens is 4. The lowest BCUT2D eigenvalue weighted by Crippen LogP contribution is -2.19. The Morgan fingerprint density at radius 1 is 1.56 bits per heavy atom. The van der Waals surface area contributed by atoms with E-state index >= 15 is 0 Å². The lowest BCUT2D eigenvalue weighted by Gasteiger charge is -2.07. The van der Waals surface area contributed by atoms with E-state index in [-0.39, 0.29) is 6.04 Å². The Balaban J connectivity index is 1.55. The number of tetrazole rings is 1. The van der Waals surface area contributed by atoms with E-state index in [1.807, 2.05) is 13.0 Å². The maximum atomic E-state index is 5.82. The summed E-state index contributed by atoms with van der Waals surface area (Å²) in [7, 11) is 0. The van der Waals surface area contributed by atoms with Crippen molar-refractivity contribution in [1.82, 2.24) is 25.9 Å². The molecular weight excluding hydrogens is 230 g/mol. The molecule has 6 nitrogen and oxygen atoms in total. The Morgan fingerprint density at radius 3 is 3.06 bits per heavy atom. The van der Waals surface area contributed by atoms with Crippen LogP contribution in [0.2, 0.25) is 0 Å². The number of hydrogen-bond acceptors (Lipinski definition) is 5. The van der Waals surface area contributed by atoms with Gasteiger partial charge in [0.05, 0.1) is 12.6 Å². The zero-order chi connectivity index (χ0) is 12.5. The Hall–Kier alpha value is -1.69. The predicted molar refractivity (Wildman–Crippen MR) is 64.7 cm³/mol. The van der Waals surface area contributed by atoms with Gasteiger partial charge >= 0.3 is 0 Å². The Kier molecular flexibility index (Phi) is 2.87. The molecule has 2 N–H and O–H groups in total. The first kappa shape index (κ1) is 11.4. The Bertz CT molecular complexity index is 506. The number of furan rings is 1. The summed E-state index contributed by atoms with van der Waals surface area (Å²) in [6, 6.07) is 4.18. The zero-order valence-electron chi connectivity index (χ0n) is 10.6. The molecule has 3 rings (SSSR count). The second kappa shape index (κ2) is 4.53. The third-order valence-corrected chi connectivity index (χ3v) is 3.49. The number of rotatable bonds is 5. The van der Waals surface area contributed by atoms with E-state index in [0.29, 0.717) is 18.3 Å². The smallest absolute Gasteiger partial charge is 0.191 e. The minimum atomic E-state index is 0.0529. The molecule has 0 aromatic carbocycles. The molecule has 0 saturated heterocycles. The molecule has 1 aliphatic carbocycles. The molecule has 0 spiro atoms. The summed E-state index contributed by atoms with van der Waals surface area (Å²) in [6.07, 6.45) is 1.25. The van der Waals surface area contributed by atoms with Gasteiger partial charge in [-0.3, -0.25) is 0 Å². The standard InChI is InChI=1S/C12H17N5O/c1-7-5-10(7)11-4-3-9(18-11)6-13-8(2)12-14-16-17-15-12/h3-4,7-8,10,13H,5-6H2,1-2H3,(H,14,15,16,17). The monoisotopic (exact) mass is 247 g/mol. The molecule has 96 valence electrons. The number of aromatic amines is 1. The van der Waals surface area contributed by atoms with Crippen LogP contribution in [0.25, 0.3) is 0 Å². The summed E-state index contributed by atoms with van der Waals surface area (Å²) in [4.78, 5) is 0. The van der Waals surface area contributed by atoms with Gasteiger partial charge in [-0.1, -0.05) is 12.1 Å². The molecule has 2 aromatic heterocycles. The van der Waals surface area contributed by atoms with Crippen molar-refractivity contribution in [3.63, 3.8) is 0 Å². The Labute approximate surface area is 105 Å². The van der Waals surface area contributed by atoms with Gasteiger partial charge in [-0.2, -0.15) is 5.21 Å². The lowest BCUT2D eigenvalue weighted by molar-refractivity contribution is 0.426. The highest BCUT2D eigenvalue weighted by Gasteiger charge is 2.36. The maximum absolute atomic E-state index is 5.82. The molecule has 6 heteroatoms. The van der Waals surface area contributed by atoms with Crippen molar-refractivity contribution in [3.8, 4) is 0 Å². The molecule has 3 unspecified atom stereocenters. The third kappa shape index (κ3) is 2.28. The van der Waals surface area contributed by atoms with Crippen LogP contribution in [0, 0.1) is 5.92 Å². The number of nitrogens with zero attached hydrogens (tertiary/aromatic N) is 3. The van der Waals surface area contributed by atoms with Gasteiger partial charge < -0.3 is 9.73 Å². The summed E-state index contributed by atoms with van der Waals surface area (Å²) in [6.45, 7) is 4.93. The van der Waals surface area contributed by atoms with Crippen molar-refractivity contribution >= 4 is 0 Å². The van der Waals surface area contributed by atoms with E-state index in [4.69, 9.17) is 4.42 Å². The minimum absolute atomic E-state index is 0.0529. The molecule has 1 fully saturated rings. The fraction of sp³-hybridized carbons (Fsp3) is 0.583. The highest BCUT2D eigenvalue weighted by Crippen LogP contribution is 2.47. The molecule has 2 heterocycles. The van der Waals surface area contributed by atoms with E-state index in [2.05, 4.69) is 38.9 Å². The van der Waals surface area contributed by atoms with Gasteiger partial charge in [-0.15, -0.1) is 10.2 Å². The van der Waals surface area contributed by atoms with E-state index < -0.39 is 0 Å². The van der Waals surface area contributed by atoms with Crippen LogP contribution in [0.1, 0.15) is 49.6 Å². The van der Waals surface area contributed by atoms with E-state index in [9.17, 15) is 0 Å². The molecule has 0 bridgehead atoms. The van der Waals surface area contributed by atoms with Gasteiger partial charge in [0.25, 0.3) is 0 Å². The van der Waals surface area contributed by atoms with Crippen molar-refractivity contribution in [2.24, 2.45) is 5.92 Å². The molecule has 1 saturated carbocycles. The first-order chi connectivity index (χ1) is 8.74. The molecule has 0 aliphatic heterocycles. The van der Waals surface area contributed by atoms with Gasteiger partial charge in [-0.25, -0.2) is 0 Å². The van der Waals surface area contributed by atoms with Gasteiger partial charge in [-0.05, 0) is 31.4 Å². The Morgan fingerprint density at radius 2 is 2.39 bits per heavy atom. The summed E-state index contributed by atoms with van der Waals surface area (Å²) in [5.41, 5.74) is 0. The van der Waals surface area contributed by atoms with E-state index in [1.54, 1.807) is 0 Å². The molecule has 0 amide bonds. The normalized spacial score (nSPS) is 24.1. The second-order valence-electron chi connectivity index (χ2n) is 5.00. The average molecular weight is 247 g/mol. The topological polar surface area (TPSA) is 79.6 Å². The summed E-state index contributed by atoms with van der Waals surface area (Å²) < 4.78 is 5.82. The largest absolute Gasteiger partial charge is 0.464 e. The van der Waals surface area contributed by atoms with Crippen molar-refractivity contribution in [3.05, 3.63) is 29.5 Å². The van der Waals surface area contributed by atoms with Crippen molar-refractivity contribution in [2.45, 2.75) is 38.8 Å². The first-order valence-corrected chi connectivity index (χ1v) is 6.29. The zero-order valence-corrected chi connectivity index (χ0v) is 10.6. The summed E-state index contributed by atoms with van der Waals surface area (Å²) in [5, 5.41) is 17.2. The fourth-order valence-electron chi connectivity index (χ4n) is 2.11. The maximum Gasteiger partial charge on any atom is 0.191 e. The number of nitrogens with one attached hydrogen (secondary N) is 2. The van der Waals surface area contributed by atoms with Crippen molar-refractivity contribution in [2.75, 3.05) is 0 Å². The van der Waals surface area contributed by atoms with Gasteiger partial charge in [0.2, 0.25) is 0 Å². The molecular formula is C12H17N5O. The predicted octanol–water partition coefficient (Wildman–Crippen LogP) is 1.77. The first-order valence-electron chi connectivity index (χ1n) is 6.29. The summed E-state index contributed by atoms with van der Waals surface area (Å²) >= 11 is 0. The SMILES string of the molecule is CC(NCc1ccc(C2CC2C)o1)c1nn[nH]n1. The highest BCUT2D eigenvalue weighted by molar-refractivity contribution is 5.17. The van der Waals surface area contributed by atoms with Crippen LogP contribution >= 0.6 is 0 Å². The van der Waals surface area contributed by atoms with E-state index in [1.165, 1.54) is 6.42 Å². The van der Waals surface area contributed by atoms with Crippen molar-refractivity contribution in [1.29, 1.82) is 0 Å². The number of H-pyrrole nitrogens is 1. The van der Waals surface area contributed by atoms with Gasteiger partial charge in [0.1, 0.15) is 11.5 Å². The molecule has 1 aliphatic rings. The van der Waals surface area contributed by atoms with Crippen LogP contribution in [-0.4, -0.2) is 20.6 Å². The minimum Gasteiger partial charge on any atom is -0.464 e. The molecule has 3 atom stereocenters. The molecule has 18 heavy (non-hydrogen) atoms. The van der Waals surface area contributed by atoms with E-state index in [0.717, 1.165) is 17.4 Å². The van der Waals surface area contributed by atoms with Crippen LogP contribution in [-0.2, 0) is 6.54 Å². The highest BCUT2D eigenvalue weighted by atomic mass is 16.3. The second-order valence-corrected chi connectivity index (χ2v) is 5.00. The van der Waals surface area contributed by atoms with Crippen LogP contribution in [0.5, 0.6) is 0 Å². The fourth-order valence-corrected chi connectivity index (χ4v) is 2.11. The molecule has 2 aromatic rings. The van der Waals surface area contributed by atoms with Crippen LogP contribution < -0.4 is 5.32 Å². The van der Waals surface area contributed by atoms with Crippen molar-refractivity contribution < 1.29 is 4.42 Å². The van der Waals surface area contributed by atoms with Crippen LogP contribution in [0.3, 0.4) is 0 Å². The van der Waals surface area contributed by atoms with Gasteiger partial charge in [0, 0.05) is 5.92 Å². The van der Waals surface area contributed by atoms with Gasteiger partial charge in [0.15, 0.2) is 5.82 Å². The van der Waals surface area contributed by atoms with Crippen LogP contribution in [0.4, 0.5) is 0 Å².